The Hall–Kier alpha value is -0.730. The normalized spacial score (nSPS) is 43.8. The predicted molar refractivity (Wildman–Crippen MR) is 56.5 cm³/mol. The van der Waals surface area contributed by atoms with Crippen LogP contribution in [0.5, 0.6) is 0 Å². The molecule has 0 spiro atoms. The van der Waals surface area contributed by atoms with Crippen molar-refractivity contribution in [3.8, 4) is 0 Å². The number of carbonyl (C=O) groups excluding carboxylic acids is 1. The van der Waals surface area contributed by atoms with E-state index in [1.54, 1.807) is 0 Å². The average Bonchev–Trinajstić information content (AvgIpc) is 2.53. The van der Waals surface area contributed by atoms with Crippen molar-refractivity contribution < 1.29 is 14.3 Å². The molecule has 2 fully saturated rings. The van der Waals surface area contributed by atoms with Crippen LogP contribution in [0.2, 0.25) is 0 Å². The van der Waals surface area contributed by atoms with Gasteiger partial charge in [0.15, 0.2) is 0 Å². The minimum Gasteiger partial charge on any atom is -0.438 e. The summed E-state index contributed by atoms with van der Waals surface area (Å²) in [6, 6.07) is 0. The van der Waals surface area contributed by atoms with Crippen LogP contribution in [0.1, 0.15) is 39.5 Å². The second-order valence-corrected chi connectivity index (χ2v) is 5.49. The maximum absolute atomic E-state index is 11.1. The van der Waals surface area contributed by atoms with Crippen molar-refractivity contribution in [2.24, 2.45) is 17.3 Å². The molecule has 0 aliphatic heterocycles. The number of methoxy groups -OCH3 is 1. The van der Waals surface area contributed by atoms with Crippen LogP contribution in [0.4, 0.5) is 4.79 Å². The van der Waals surface area contributed by atoms with E-state index in [0.29, 0.717) is 11.3 Å². The second kappa shape index (κ2) is 3.69. The van der Waals surface area contributed by atoms with E-state index in [1.165, 1.54) is 26.4 Å². The predicted octanol–water partition coefficient (Wildman–Crippen LogP) is 2.98. The zero-order valence-electron chi connectivity index (χ0n) is 9.79. The first-order valence-corrected chi connectivity index (χ1v) is 5.79. The van der Waals surface area contributed by atoms with Crippen LogP contribution in [0.25, 0.3) is 0 Å². The van der Waals surface area contributed by atoms with Gasteiger partial charge >= 0.3 is 6.16 Å². The average molecular weight is 212 g/mol. The fourth-order valence-electron chi connectivity index (χ4n) is 3.30. The number of fused-ring (bicyclic) bond motifs is 2. The molecule has 0 radical (unpaired) electrons. The van der Waals surface area contributed by atoms with Gasteiger partial charge in [0.25, 0.3) is 0 Å². The van der Waals surface area contributed by atoms with E-state index in [2.05, 4.69) is 18.6 Å². The molecule has 4 atom stereocenters. The van der Waals surface area contributed by atoms with E-state index in [9.17, 15) is 4.79 Å². The van der Waals surface area contributed by atoms with Crippen molar-refractivity contribution in [1.82, 2.24) is 0 Å². The summed E-state index contributed by atoms with van der Waals surface area (Å²) in [4.78, 5) is 11.1. The van der Waals surface area contributed by atoms with Crippen molar-refractivity contribution in [3.05, 3.63) is 0 Å². The zero-order valence-corrected chi connectivity index (χ0v) is 9.79. The summed E-state index contributed by atoms with van der Waals surface area (Å²) in [5.74, 6) is 1.22. The monoisotopic (exact) mass is 212 g/mol. The molecule has 3 nitrogen and oxygen atoms in total. The van der Waals surface area contributed by atoms with Gasteiger partial charge in [-0.05, 0) is 42.9 Å². The molecule has 15 heavy (non-hydrogen) atoms. The Morgan fingerprint density at radius 2 is 2.13 bits per heavy atom. The third-order valence-electron chi connectivity index (χ3n) is 4.31. The lowest BCUT2D eigenvalue weighted by Gasteiger charge is -2.38. The third kappa shape index (κ3) is 1.97. The van der Waals surface area contributed by atoms with E-state index in [1.807, 2.05) is 0 Å². The lowest BCUT2D eigenvalue weighted by molar-refractivity contribution is -0.0320. The van der Waals surface area contributed by atoms with Crippen LogP contribution >= 0.6 is 0 Å². The van der Waals surface area contributed by atoms with Crippen LogP contribution in [0.15, 0.2) is 0 Å². The maximum atomic E-state index is 11.1. The largest absolute Gasteiger partial charge is 0.508 e. The highest BCUT2D eigenvalue weighted by Crippen LogP contribution is 2.53. The van der Waals surface area contributed by atoms with Gasteiger partial charge in [0.2, 0.25) is 0 Å². The molecule has 4 unspecified atom stereocenters. The first-order chi connectivity index (χ1) is 7.04. The molecule has 0 saturated heterocycles. The molecule has 2 rings (SSSR count). The molecule has 0 aromatic rings. The summed E-state index contributed by atoms with van der Waals surface area (Å²) in [5.41, 5.74) is 0.399. The summed E-state index contributed by atoms with van der Waals surface area (Å²) in [7, 11) is 1.37. The van der Waals surface area contributed by atoms with Crippen LogP contribution in [0, 0.1) is 17.3 Å². The molecule has 86 valence electrons. The van der Waals surface area contributed by atoms with Crippen molar-refractivity contribution in [2.45, 2.75) is 45.6 Å². The Morgan fingerprint density at radius 1 is 1.40 bits per heavy atom. The second-order valence-electron chi connectivity index (χ2n) is 5.49. The molecular weight excluding hydrogens is 192 g/mol. The quantitative estimate of drug-likeness (QED) is 0.627. The smallest absolute Gasteiger partial charge is 0.438 e. The standard InChI is InChI=1S/C12H20O3/c1-8-9-4-5-12(2,6-9)7-10(8)15-11(13)14-3/h8-10H,4-7H2,1-3H3. The molecule has 0 aromatic heterocycles. The summed E-state index contributed by atoms with van der Waals surface area (Å²) < 4.78 is 9.90. The van der Waals surface area contributed by atoms with Crippen molar-refractivity contribution >= 4 is 6.16 Å². The minimum absolute atomic E-state index is 0.0590. The highest BCUT2D eigenvalue weighted by molar-refractivity contribution is 5.59. The molecule has 2 bridgehead atoms. The first-order valence-electron chi connectivity index (χ1n) is 5.79. The van der Waals surface area contributed by atoms with Crippen molar-refractivity contribution in [3.63, 3.8) is 0 Å². The lowest BCUT2D eigenvalue weighted by atomic mass is 9.71. The van der Waals surface area contributed by atoms with Crippen molar-refractivity contribution in [2.75, 3.05) is 7.11 Å². The van der Waals surface area contributed by atoms with Gasteiger partial charge in [0, 0.05) is 0 Å². The van der Waals surface area contributed by atoms with Gasteiger partial charge < -0.3 is 9.47 Å². The lowest BCUT2D eigenvalue weighted by Crippen LogP contribution is -2.37. The van der Waals surface area contributed by atoms with Gasteiger partial charge in [-0.1, -0.05) is 13.8 Å². The van der Waals surface area contributed by atoms with E-state index >= 15 is 0 Å². The van der Waals surface area contributed by atoms with E-state index < -0.39 is 6.16 Å². The molecule has 0 amide bonds. The van der Waals surface area contributed by atoms with Gasteiger partial charge in [0.05, 0.1) is 7.11 Å². The van der Waals surface area contributed by atoms with Crippen LogP contribution in [-0.4, -0.2) is 19.4 Å². The van der Waals surface area contributed by atoms with Crippen LogP contribution < -0.4 is 0 Å². The fourth-order valence-corrected chi connectivity index (χ4v) is 3.30. The van der Waals surface area contributed by atoms with Gasteiger partial charge in [-0.2, -0.15) is 0 Å². The van der Waals surface area contributed by atoms with E-state index in [0.717, 1.165) is 12.3 Å². The summed E-state index contributed by atoms with van der Waals surface area (Å²) in [5, 5.41) is 0. The van der Waals surface area contributed by atoms with Crippen LogP contribution in [-0.2, 0) is 9.47 Å². The van der Waals surface area contributed by atoms with Gasteiger partial charge in [-0.3, -0.25) is 0 Å². The van der Waals surface area contributed by atoms with Gasteiger partial charge in [-0.25, -0.2) is 4.79 Å². The minimum atomic E-state index is -0.531. The van der Waals surface area contributed by atoms with E-state index in [-0.39, 0.29) is 6.10 Å². The molecule has 0 heterocycles. The number of ether oxygens (including phenoxy) is 2. The Balaban J connectivity index is 2.03. The summed E-state index contributed by atoms with van der Waals surface area (Å²) in [6.07, 6.45) is 4.40. The molecule has 3 heteroatoms. The number of hydrogen-bond acceptors (Lipinski definition) is 3. The molecule has 2 aliphatic carbocycles. The molecule has 2 aliphatic rings. The molecule has 0 N–H and O–H groups in total. The highest BCUT2D eigenvalue weighted by atomic mass is 16.7. The third-order valence-corrected chi connectivity index (χ3v) is 4.31. The SMILES string of the molecule is COC(=O)OC1CC2(C)CCC(C2)C1C. The summed E-state index contributed by atoms with van der Waals surface area (Å²) in [6.45, 7) is 4.51. The highest BCUT2D eigenvalue weighted by Gasteiger charge is 2.47. The number of hydrogen-bond donors (Lipinski definition) is 0. The topological polar surface area (TPSA) is 35.5 Å². The molecule has 2 saturated carbocycles. The number of carbonyl (C=O) groups is 1. The number of rotatable bonds is 1. The molecular formula is C12H20O3. The fraction of sp³-hybridized carbons (Fsp3) is 0.917. The van der Waals surface area contributed by atoms with Crippen LogP contribution in [0.3, 0.4) is 0 Å². The Kier molecular flexibility index (Phi) is 2.65. The van der Waals surface area contributed by atoms with Gasteiger partial charge in [-0.15, -0.1) is 0 Å². The maximum Gasteiger partial charge on any atom is 0.508 e. The Morgan fingerprint density at radius 3 is 2.80 bits per heavy atom. The zero-order chi connectivity index (χ0) is 11.1. The summed E-state index contributed by atoms with van der Waals surface area (Å²) >= 11 is 0. The first kappa shape index (κ1) is 10.8. The van der Waals surface area contributed by atoms with Crippen molar-refractivity contribution in [1.29, 1.82) is 0 Å². The molecule has 0 aromatic carbocycles. The Labute approximate surface area is 91.1 Å². The van der Waals surface area contributed by atoms with Gasteiger partial charge in [0.1, 0.15) is 6.10 Å². The Bertz CT molecular complexity index is 264. The van der Waals surface area contributed by atoms with E-state index in [4.69, 9.17) is 4.74 Å².